The van der Waals surface area contributed by atoms with Crippen molar-refractivity contribution in [1.29, 1.82) is 0 Å². The fourth-order valence-electron chi connectivity index (χ4n) is 5.09. The number of anilines is 1. The molecule has 0 amide bonds. The van der Waals surface area contributed by atoms with Crippen LogP contribution in [-0.4, -0.2) is 4.57 Å². The molecule has 5 rings (SSSR count). The van der Waals surface area contributed by atoms with E-state index in [4.69, 9.17) is 10.5 Å². The third-order valence-electron chi connectivity index (χ3n) is 7.18. The third kappa shape index (κ3) is 5.19. The average molecular weight is 519 g/mol. The van der Waals surface area contributed by atoms with Gasteiger partial charge < -0.3 is 15.0 Å². The molecule has 0 spiro atoms. The molecule has 1 heterocycles. The summed E-state index contributed by atoms with van der Waals surface area (Å²) < 4.78 is 48.7. The van der Waals surface area contributed by atoms with Crippen molar-refractivity contribution in [2.24, 2.45) is 0 Å². The van der Waals surface area contributed by atoms with Gasteiger partial charge in [-0.25, -0.2) is 0 Å². The van der Waals surface area contributed by atoms with E-state index in [2.05, 4.69) is 12.1 Å². The topological polar surface area (TPSA) is 57.2 Å². The number of aryl methyl sites for hydroxylation is 4. The lowest BCUT2D eigenvalue weighted by Gasteiger charge is -2.19. The number of pyridine rings is 1. The maximum atomic E-state index is 13.8. The number of halogens is 3. The highest BCUT2D eigenvalue weighted by Gasteiger charge is 2.35. The van der Waals surface area contributed by atoms with Crippen LogP contribution in [-0.2, 0) is 25.6 Å². The van der Waals surface area contributed by atoms with Crippen molar-refractivity contribution in [3.05, 3.63) is 110 Å². The molecule has 7 heteroatoms. The molecule has 4 aromatic rings. The highest BCUT2D eigenvalue weighted by Crippen LogP contribution is 2.36. The summed E-state index contributed by atoms with van der Waals surface area (Å²) in [5.41, 5.74) is 8.96. The van der Waals surface area contributed by atoms with Gasteiger partial charge in [0, 0.05) is 0 Å². The summed E-state index contributed by atoms with van der Waals surface area (Å²) in [6.07, 6.45) is -0.287. The van der Waals surface area contributed by atoms with Gasteiger partial charge in [-0.05, 0) is 110 Å². The van der Waals surface area contributed by atoms with E-state index in [0.29, 0.717) is 11.3 Å². The van der Waals surface area contributed by atoms with Crippen LogP contribution in [0.15, 0.2) is 71.5 Å². The van der Waals surface area contributed by atoms with Gasteiger partial charge in [0.15, 0.2) is 0 Å². The number of rotatable bonds is 5. The first-order chi connectivity index (χ1) is 18.1. The Morgan fingerprint density at radius 2 is 1.55 bits per heavy atom. The molecular weight excluding hydrogens is 489 g/mol. The van der Waals surface area contributed by atoms with Gasteiger partial charge in [-0.1, -0.05) is 29.8 Å². The van der Waals surface area contributed by atoms with Crippen LogP contribution in [0, 0.1) is 13.8 Å². The van der Waals surface area contributed by atoms with Gasteiger partial charge in [0.25, 0.3) is 5.56 Å². The molecule has 2 N–H and O–H groups in total. The molecule has 1 aliphatic carbocycles. The van der Waals surface area contributed by atoms with E-state index < -0.39 is 23.0 Å². The number of nitrogen functional groups attached to an aromatic ring is 1. The maximum absolute atomic E-state index is 13.8. The van der Waals surface area contributed by atoms with E-state index >= 15 is 0 Å². The zero-order chi connectivity index (χ0) is 27.0. The lowest BCUT2D eigenvalue weighted by atomic mass is 9.92. The molecular formula is C31H29F3N2O2. The summed E-state index contributed by atoms with van der Waals surface area (Å²) in [6, 6.07) is 19.5. The Labute approximate surface area is 219 Å². The largest absolute Gasteiger partial charge is 0.457 e. The second kappa shape index (κ2) is 10.0. The van der Waals surface area contributed by atoms with Gasteiger partial charge in [0.1, 0.15) is 17.2 Å². The van der Waals surface area contributed by atoms with E-state index in [1.165, 1.54) is 22.1 Å². The zero-order valence-corrected chi connectivity index (χ0v) is 21.4. The predicted molar refractivity (Wildman–Crippen MR) is 144 cm³/mol. The number of nitrogens with two attached hydrogens (primary N) is 1. The van der Waals surface area contributed by atoms with E-state index in [0.717, 1.165) is 47.8 Å². The van der Waals surface area contributed by atoms with Crippen molar-refractivity contribution in [3.63, 3.8) is 0 Å². The quantitative estimate of drug-likeness (QED) is 0.299. The molecule has 0 fully saturated rings. The summed E-state index contributed by atoms with van der Waals surface area (Å²) >= 11 is 0. The highest BCUT2D eigenvalue weighted by molar-refractivity contribution is 5.65. The number of ether oxygens (including phenoxy) is 1. The summed E-state index contributed by atoms with van der Waals surface area (Å²) in [5.74, 6) is 1.27. The molecule has 1 aliphatic rings. The molecule has 0 saturated carbocycles. The normalized spacial score (nSPS) is 13.3. The van der Waals surface area contributed by atoms with Crippen LogP contribution in [0.4, 0.5) is 18.9 Å². The number of hydrogen-bond donors (Lipinski definition) is 1. The molecule has 196 valence electrons. The van der Waals surface area contributed by atoms with Crippen LogP contribution >= 0.6 is 0 Å². The standard InChI is InChI=1S/C31H29F3N2O2/c1-19-7-8-24(20(2)15-19)18-36-28(17-27(31(32,33)34)29(35)30(36)37)22-10-12-25(13-11-22)38-26-14-9-21-5-3-4-6-23(21)16-26/h7-17H,3-6,18,35H2,1-2H3. The van der Waals surface area contributed by atoms with Crippen LogP contribution < -0.4 is 16.0 Å². The first-order valence-electron chi connectivity index (χ1n) is 12.7. The van der Waals surface area contributed by atoms with Crippen LogP contribution in [0.1, 0.15) is 46.2 Å². The fourth-order valence-corrected chi connectivity index (χ4v) is 5.09. The van der Waals surface area contributed by atoms with Crippen molar-refractivity contribution in [2.45, 2.75) is 52.3 Å². The van der Waals surface area contributed by atoms with E-state index in [1.54, 1.807) is 24.3 Å². The van der Waals surface area contributed by atoms with Gasteiger partial charge in [-0.3, -0.25) is 4.79 Å². The molecule has 38 heavy (non-hydrogen) atoms. The first kappa shape index (κ1) is 25.6. The Morgan fingerprint density at radius 1 is 0.868 bits per heavy atom. The van der Waals surface area contributed by atoms with Crippen LogP contribution in [0.3, 0.4) is 0 Å². The molecule has 0 saturated heterocycles. The molecule has 0 bridgehead atoms. The number of benzene rings is 3. The number of fused-ring (bicyclic) bond motifs is 1. The number of alkyl halides is 3. The van der Waals surface area contributed by atoms with E-state index in [1.807, 2.05) is 38.1 Å². The van der Waals surface area contributed by atoms with Crippen molar-refractivity contribution < 1.29 is 17.9 Å². The lowest BCUT2D eigenvalue weighted by molar-refractivity contribution is -0.137. The molecule has 0 aliphatic heterocycles. The summed E-state index contributed by atoms with van der Waals surface area (Å²) in [6.45, 7) is 3.96. The SMILES string of the molecule is Cc1ccc(Cn2c(-c3ccc(Oc4ccc5c(c4)CCCC5)cc3)cc(C(F)(F)F)c(N)c2=O)c(C)c1. The Bertz CT molecular complexity index is 1550. The summed E-state index contributed by atoms with van der Waals surface area (Å²) in [4.78, 5) is 13.2. The Morgan fingerprint density at radius 3 is 2.24 bits per heavy atom. The van der Waals surface area contributed by atoms with Crippen molar-refractivity contribution >= 4 is 5.69 Å². The van der Waals surface area contributed by atoms with Gasteiger partial charge >= 0.3 is 6.18 Å². The third-order valence-corrected chi connectivity index (χ3v) is 7.18. The number of aromatic nitrogens is 1. The van der Waals surface area contributed by atoms with Gasteiger partial charge in [0.05, 0.1) is 17.8 Å². The molecule has 0 unspecified atom stereocenters. The fraction of sp³-hybridized carbons (Fsp3) is 0.258. The van der Waals surface area contributed by atoms with Crippen molar-refractivity contribution in [1.82, 2.24) is 4.57 Å². The monoisotopic (exact) mass is 518 g/mol. The van der Waals surface area contributed by atoms with Gasteiger partial charge in [-0.15, -0.1) is 0 Å². The van der Waals surface area contributed by atoms with Crippen molar-refractivity contribution in [2.75, 3.05) is 5.73 Å². The summed E-state index contributed by atoms with van der Waals surface area (Å²) in [5, 5.41) is 0. The highest BCUT2D eigenvalue weighted by atomic mass is 19.4. The molecule has 0 radical (unpaired) electrons. The van der Waals surface area contributed by atoms with Crippen LogP contribution in [0.25, 0.3) is 11.3 Å². The minimum atomic E-state index is -4.76. The van der Waals surface area contributed by atoms with Crippen LogP contribution in [0.5, 0.6) is 11.5 Å². The Kier molecular flexibility index (Phi) is 6.78. The molecule has 1 aromatic heterocycles. The zero-order valence-electron chi connectivity index (χ0n) is 21.4. The minimum absolute atomic E-state index is 0.0932. The average Bonchev–Trinajstić information content (AvgIpc) is 2.88. The van der Waals surface area contributed by atoms with Crippen molar-refractivity contribution in [3.8, 4) is 22.8 Å². The number of nitrogens with zero attached hydrogens (tertiary/aromatic N) is 1. The summed E-state index contributed by atoms with van der Waals surface area (Å²) in [7, 11) is 0. The lowest BCUT2D eigenvalue weighted by Crippen LogP contribution is -2.29. The second-order valence-electron chi connectivity index (χ2n) is 9.94. The Balaban J connectivity index is 1.52. The van der Waals surface area contributed by atoms with Gasteiger partial charge in [0.2, 0.25) is 0 Å². The van der Waals surface area contributed by atoms with Crippen LogP contribution in [0.2, 0.25) is 0 Å². The molecule has 3 aromatic carbocycles. The van der Waals surface area contributed by atoms with E-state index in [9.17, 15) is 18.0 Å². The maximum Gasteiger partial charge on any atom is 0.418 e. The second-order valence-corrected chi connectivity index (χ2v) is 9.94. The first-order valence-corrected chi connectivity index (χ1v) is 12.7. The molecule has 4 nitrogen and oxygen atoms in total. The van der Waals surface area contributed by atoms with E-state index in [-0.39, 0.29) is 12.2 Å². The molecule has 0 atom stereocenters. The smallest absolute Gasteiger partial charge is 0.418 e. The number of hydrogen-bond acceptors (Lipinski definition) is 3. The minimum Gasteiger partial charge on any atom is -0.457 e. The Hall–Kier alpha value is -4.00. The predicted octanol–water partition coefficient (Wildman–Crippen LogP) is 7.45. The van der Waals surface area contributed by atoms with Gasteiger partial charge in [-0.2, -0.15) is 13.2 Å².